The lowest BCUT2D eigenvalue weighted by Crippen LogP contribution is -2.50. The molecule has 3 heteroatoms. The molecule has 1 heterocycles. The van der Waals surface area contributed by atoms with Crippen LogP contribution in [0.15, 0.2) is 60.7 Å². The van der Waals surface area contributed by atoms with Gasteiger partial charge in [0.1, 0.15) is 0 Å². The molecule has 0 aromatic heterocycles. The Balaban J connectivity index is 1.73. The van der Waals surface area contributed by atoms with E-state index in [4.69, 9.17) is 4.74 Å². The van der Waals surface area contributed by atoms with Gasteiger partial charge in [-0.15, -0.1) is 0 Å². The van der Waals surface area contributed by atoms with Crippen molar-refractivity contribution in [2.45, 2.75) is 57.6 Å². The van der Waals surface area contributed by atoms with Gasteiger partial charge in [0.2, 0.25) is 0 Å². The van der Waals surface area contributed by atoms with Crippen molar-refractivity contribution < 1.29 is 4.74 Å². The molecule has 0 saturated carbocycles. The smallest absolute Gasteiger partial charge is 0.0727 e. The van der Waals surface area contributed by atoms with E-state index in [1.807, 2.05) is 7.11 Å². The number of benzene rings is 2. The fourth-order valence-electron chi connectivity index (χ4n) is 4.46. The molecule has 0 bridgehead atoms. The van der Waals surface area contributed by atoms with Gasteiger partial charge in [0.15, 0.2) is 0 Å². The summed E-state index contributed by atoms with van der Waals surface area (Å²) in [5, 5.41) is 0. The number of ether oxygens (including phenoxy) is 1. The normalized spacial score (nSPS) is 20.2. The Hall–Kier alpha value is -1.84. The molecule has 1 fully saturated rings. The zero-order chi connectivity index (χ0) is 19.6. The van der Waals surface area contributed by atoms with E-state index in [0.717, 1.165) is 13.0 Å². The highest BCUT2D eigenvalue weighted by Gasteiger charge is 2.31. The number of hydrogen-bond acceptors (Lipinski definition) is 3. The molecule has 152 valence electrons. The zero-order valence-corrected chi connectivity index (χ0v) is 17.6. The first-order chi connectivity index (χ1) is 13.8. The number of anilines is 2. The van der Waals surface area contributed by atoms with Crippen LogP contribution in [0.5, 0.6) is 0 Å². The zero-order valence-electron chi connectivity index (χ0n) is 17.6. The third-order valence-electron chi connectivity index (χ3n) is 5.97. The molecule has 1 saturated heterocycles. The maximum atomic E-state index is 5.92. The Morgan fingerprint density at radius 1 is 0.964 bits per heavy atom. The fraction of sp³-hybridized carbons (Fsp3) is 0.520. The minimum Gasteiger partial charge on any atom is -0.380 e. The Kier molecular flexibility index (Phi) is 8.38. The van der Waals surface area contributed by atoms with E-state index in [1.165, 1.54) is 56.6 Å². The average Bonchev–Trinajstić information content (AvgIpc) is 2.76. The molecule has 3 nitrogen and oxygen atoms in total. The van der Waals surface area contributed by atoms with E-state index in [9.17, 15) is 0 Å². The Bertz CT molecular complexity index is 621. The van der Waals surface area contributed by atoms with Gasteiger partial charge in [0.25, 0.3) is 0 Å². The lowest BCUT2D eigenvalue weighted by molar-refractivity contribution is -0.0212. The molecule has 2 atom stereocenters. The standard InChI is InChI=1S/C25H36N2O/c1-3-4-11-19-26-20-12-17-25(28-2)24(26)18-21-27(22-13-7-5-8-14-22)23-15-9-6-10-16-23/h5-10,13-16,24-25H,3-4,11-12,17-21H2,1-2H3/t24-,25+/m1/s1. The summed E-state index contributed by atoms with van der Waals surface area (Å²) in [5.74, 6) is 0. The number of piperidine rings is 1. The molecule has 0 spiro atoms. The Morgan fingerprint density at radius 3 is 2.18 bits per heavy atom. The predicted octanol–water partition coefficient (Wildman–Crippen LogP) is 5.88. The number of methoxy groups -OCH3 is 1. The van der Waals surface area contributed by atoms with Crippen LogP contribution in [0.3, 0.4) is 0 Å². The van der Waals surface area contributed by atoms with Gasteiger partial charge >= 0.3 is 0 Å². The molecule has 0 amide bonds. The van der Waals surface area contributed by atoms with Crippen molar-refractivity contribution >= 4 is 11.4 Å². The topological polar surface area (TPSA) is 15.7 Å². The van der Waals surface area contributed by atoms with E-state index in [0.29, 0.717) is 12.1 Å². The van der Waals surface area contributed by atoms with E-state index >= 15 is 0 Å². The third kappa shape index (κ3) is 5.59. The highest BCUT2D eigenvalue weighted by atomic mass is 16.5. The first-order valence-electron chi connectivity index (χ1n) is 11.0. The van der Waals surface area contributed by atoms with Crippen LogP contribution in [0.4, 0.5) is 11.4 Å². The number of unbranched alkanes of at least 4 members (excludes halogenated alkanes) is 2. The minimum absolute atomic E-state index is 0.351. The van der Waals surface area contributed by atoms with Crippen molar-refractivity contribution in [1.82, 2.24) is 4.90 Å². The van der Waals surface area contributed by atoms with Gasteiger partial charge in [-0.1, -0.05) is 56.2 Å². The molecule has 28 heavy (non-hydrogen) atoms. The molecular formula is C25H36N2O. The van der Waals surface area contributed by atoms with Crippen molar-refractivity contribution in [3.8, 4) is 0 Å². The Morgan fingerprint density at radius 2 is 1.61 bits per heavy atom. The number of para-hydroxylation sites is 2. The molecule has 1 aliphatic rings. The summed E-state index contributed by atoms with van der Waals surface area (Å²) < 4.78 is 5.92. The first-order valence-corrected chi connectivity index (χ1v) is 11.0. The van der Waals surface area contributed by atoms with Gasteiger partial charge in [-0.3, -0.25) is 4.90 Å². The minimum atomic E-state index is 0.351. The van der Waals surface area contributed by atoms with E-state index in [-0.39, 0.29) is 0 Å². The summed E-state index contributed by atoms with van der Waals surface area (Å²) >= 11 is 0. The molecule has 2 aromatic rings. The largest absolute Gasteiger partial charge is 0.380 e. The van der Waals surface area contributed by atoms with Crippen LogP contribution in [0, 0.1) is 0 Å². The summed E-state index contributed by atoms with van der Waals surface area (Å²) in [5.41, 5.74) is 2.52. The molecule has 0 N–H and O–H groups in total. The van der Waals surface area contributed by atoms with E-state index in [1.54, 1.807) is 0 Å². The summed E-state index contributed by atoms with van der Waals surface area (Å²) in [6, 6.07) is 22.0. The van der Waals surface area contributed by atoms with Gasteiger partial charge in [0.05, 0.1) is 6.10 Å². The number of nitrogens with zero attached hydrogens (tertiary/aromatic N) is 2. The summed E-state index contributed by atoms with van der Waals surface area (Å²) in [6.45, 7) is 5.70. The van der Waals surface area contributed by atoms with Crippen LogP contribution in [0.1, 0.15) is 45.4 Å². The third-order valence-corrected chi connectivity index (χ3v) is 5.97. The highest BCUT2D eigenvalue weighted by molar-refractivity contribution is 5.62. The van der Waals surface area contributed by atoms with Crippen molar-refractivity contribution in [2.24, 2.45) is 0 Å². The second-order valence-electron chi connectivity index (χ2n) is 7.84. The van der Waals surface area contributed by atoms with Gasteiger partial charge in [0, 0.05) is 31.1 Å². The van der Waals surface area contributed by atoms with Crippen LogP contribution in [0.2, 0.25) is 0 Å². The average molecular weight is 381 g/mol. The van der Waals surface area contributed by atoms with Crippen LogP contribution >= 0.6 is 0 Å². The summed E-state index contributed by atoms with van der Waals surface area (Å²) in [6.07, 6.45) is 7.80. The van der Waals surface area contributed by atoms with Crippen molar-refractivity contribution in [2.75, 3.05) is 31.6 Å². The fourth-order valence-corrected chi connectivity index (χ4v) is 4.46. The van der Waals surface area contributed by atoms with Gasteiger partial charge in [-0.2, -0.15) is 0 Å². The van der Waals surface area contributed by atoms with Crippen LogP contribution in [-0.4, -0.2) is 43.8 Å². The molecule has 0 unspecified atom stereocenters. The second-order valence-corrected chi connectivity index (χ2v) is 7.84. The molecular weight excluding hydrogens is 344 g/mol. The van der Waals surface area contributed by atoms with Crippen molar-refractivity contribution in [3.05, 3.63) is 60.7 Å². The summed E-state index contributed by atoms with van der Waals surface area (Å²) in [4.78, 5) is 5.15. The highest BCUT2D eigenvalue weighted by Crippen LogP contribution is 2.28. The molecule has 3 rings (SSSR count). The molecule has 1 aliphatic heterocycles. The van der Waals surface area contributed by atoms with Gasteiger partial charge < -0.3 is 9.64 Å². The predicted molar refractivity (Wildman–Crippen MR) is 119 cm³/mol. The quantitative estimate of drug-likeness (QED) is 0.478. The maximum Gasteiger partial charge on any atom is 0.0727 e. The number of likely N-dealkylation sites (tertiary alicyclic amines) is 1. The maximum absolute atomic E-state index is 5.92. The van der Waals surface area contributed by atoms with Crippen LogP contribution in [-0.2, 0) is 4.74 Å². The lowest BCUT2D eigenvalue weighted by Gasteiger charge is -2.42. The molecule has 2 aromatic carbocycles. The van der Waals surface area contributed by atoms with Crippen LogP contribution in [0.25, 0.3) is 0 Å². The lowest BCUT2D eigenvalue weighted by atomic mass is 9.95. The Labute approximate surface area is 171 Å². The molecule has 0 radical (unpaired) electrons. The van der Waals surface area contributed by atoms with E-state index in [2.05, 4.69) is 77.4 Å². The number of hydrogen-bond donors (Lipinski definition) is 0. The van der Waals surface area contributed by atoms with Gasteiger partial charge in [-0.25, -0.2) is 0 Å². The summed E-state index contributed by atoms with van der Waals surface area (Å²) in [7, 11) is 1.89. The monoisotopic (exact) mass is 380 g/mol. The first kappa shape index (κ1) is 20.9. The SMILES string of the molecule is CCCCCN1CCC[C@H](OC)[C@H]1CCN(c1ccccc1)c1ccccc1. The van der Waals surface area contributed by atoms with E-state index < -0.39 is 0 Å². The van der Waals surface area contributed by atoms with Crippen LogP contribution < -0.4 is 4.90 Å². The van der Waals surface area contributed by atoms with Crippen molar-refractivity contribution in [3.63, 3.8) is 0 Å². The second kappa shape index (κ2) is 11.2. The van der Waals surface area contributed by atoms with Gasteiger partial charge in [-0.05, 0) is 63.0 Å². The number of rotatable bonds is 10. The van der Waals surface area contributed by atoms with Crippen molar-refractivity contribution in [1.29, 1.82) is 0 Å². The molecule has 0 aliphatic carbocycles.